The molecule has 0 radical (unpaired) electrons. The van der Waals surface area contributed by atoms with Gasteiger partial charge < -0.3 is 20.4 Å². The lowest BCUT2D eigenvalue weighted by atomic mass is 9.99. The zero-order valence-corrected chi connectivity index (χ0v) is 17.5. The third-order valence-electron chi connectivity index (χ3n) is 5.08. The molecule has 7 nitrogen and oxygen atoms in total. The van der Waals surface area contributed by atoms with Crippen LogP contribution in [0.5, 0.6) is 0 Å². The summed E-state index contributed by atoms with van der Waals surface area (Å²) in [5, 5.41) is 5.99. The van der Waals surface area contributed by atoms with Crippen LogP contribution in [0, 0.1) is 12.8 Å². The zero-order valence-electron chi connectivity index (χ0n) is 17.5. The van der Waals surface area contributed by atoms with E-state index in [1.807, 2.05) is 25.8 Å². The number of carbonyl (C=O) groups is 1. The van der Waals surface area contributed by atoms with Crippen molar-refractivity contribution in [1.82, 2.24) is 9.97 Å². The molecule has 10 heteroatoms. The number of rotatable bonds is 5. The summed E-state index contributed by atoms with van der Waals surface area (Å²) in [6, 6.07) is 4.60. The van der Waals surface area contributed by atoms with Gasteiger partial charge in [0.1, 0.15) is 11.7 Å². The van der Waals surface area contributed by atoms with Gasteiger partial charge in [0.15, 0.2) is 5.82 Å². The number of anilines is 4. The van der Waals surface area contributed by atoms with Gasteiger partial charge in [-0.3, -0.25) is 4.79 Å². The van der Waals surface area contributed by atoms with E-state index in [-0.39, 0.29) is 24.5 Å². The molecule has 0 saturated carbocycles. The summed E-state index contributed by atoms with van der Waals surface area (Å²) in [5.74, 6) is 1.01. The number of amides is 1. The molecular weight excluding hydrogens is 397 g/mol. The van der Waals surface area contributed by atoms with Crippen LogP contribution in [-0.4, -0.2) is 42.7 Å². The number of aryl methyl sites for hydroxylation is 1. The van der Waals surface area contributed by atoms with E-state index in [9.17, 15) is 18.0 Å². The quantitative estimate of drug-likeness (QED) is 0.716. The van der Waals surface area contributed by atoms with Crippen LogP contribution in [0.15, 0.2) is 24.3 Å². The van der Waals surface area contributed by atoms with E-state index in [0.29, 0.717) is 28.8 Å². The lowest BCUT2D eigenvalue weighted by molar-refractivity contribution is -0.137. The van der Waals surface area contributed by atoms with Crippen LogP contribution in [-0.2, 0) is 11.0 Å². The highest BCUT2D eigenvalue weighted by Gasteiger charge is 2.35. The molecule has 0 aliphatic carbocycles. The number of halogens is 3. The molecule has 2 N–H and O–H groups in total. The maximum atomic E-state index is 12.7. The van der Waals surface area contributed by atoms with Crippen molar-refractivity contribution in [1.29, 1.82) is 0 Å². The summed E-state index contributed by atoms with van der Waals surface area (Å²) in [6.45, 7) is 6.01. The van der Waals surface area contributed by atoms with Crippen LogP contribution >= 0.6 is 0 Å². The molecule has 0 spiro atoms. The van der Waals surface area contributed by atoms with E-state index >= 15 is 0 Å². The molecule has 1 aliphatic heterocycles. The van der Waals surface area contributed by atoms with Crippen molar-refractivity contribution >= 4 is 29.0 Å². The van der Waals surface area contributed by atoms with Gasteiger partial charge in [0, 0.05) is 19.8 Å². The molecule has 0 unspecified atom stereocenters. The van der Waals surface area contributed by atoms with Gasteiger partial charge in [0.05, 0.1) is 17.9 Å². The Bertz CT molecular complexity index is 929. The van der Waals surface area contributed by atoms with Gasteiger partial charge in [-0.1, -0.05) is 13.8 Å². The maximum absolute atomic E-state index is 12.7. The average Bonchev–Trinajstić information content (AvgIpc) is 2.66. The number of nitrogens with zero attached hydrogens (tertiary/aromatic N) is 4. The smallest absolute Gasteiger partial charge is 0.357 e. The number of fused-ring (bicyclic) bond motifs is 1. The van der Waals surface area contributed by atoms with Gasteiger partial charge in [-0.15, -0.1) is 0 Å². The number of aromatic nitrogens is 2. The van der Waals surface area contributed by atoms with E-state index in [2.05, 4.69) is 20.6 Å². The largest absolute Gasteiger partial charge is 0.416 e. The van der Waals surface area contributed by atoms with E-state index in [4.69, 9.17) is 0 Å². The fraction of sp³-hybridized carbons (Fsp3) is 0.450. The van der Waals surface area contributed by atoms with Crippen LogP contribution < -0.4 is 20.4 Å². The highest BCUT2D eigenvalue weighted by atomic mass is 19.4. The molecule has 1 amide bonds. The van der Waals surface area contributed by atoms with Gasteiger partial charge in [0.25, 0.3) is 0 Å². The van der Waals surface area contributed by atoms with Gasteiger partial charge in [0.2, 0.25) is 11.9 Å². The monoisotopic (exact) mass is 422 g/mol. The Labute approximate surface area is 173 Å². The summed E-state index contributed by atoms with van der Waals surface area (Å²) in [7, 11) is 3.58. The summed E-state index contributed by atoms with van der Waals surface area (Å²) < 4.78 is 38.2. The van der Waals surface area contributed by atoms with E-state index in [0.717, 1.165) is 12.1 Å². The molecule has 1 aromatic carbocycles. The molecule has 30 heavy (non-hydrogen) atoms. The van der Waals surface area contributed by atoms with Crippen molar-refractivity contribution < 1.29 is 18.0 Å². The minimum atomic E-state index is -4.36. The Balaban J connectivity index is 1.75. The first-order valence-electron chi connectivity index (χ1n) is 9.53. The predicted octanol–water partition coefficient (Wildman–Crippen LogP) is 3.72. The standard InChI is InChI=1S/C20H25F3N6O/c1-11(2)16-18(30)26-15-12(3)25-19(27-17(15)29(16)5)24-10-28(4)14-8-6-13(7-9-14)20(21,22)23/h6-9,11,16H,10H2,1-5H3,(H,26,30)(H,24,25,27)/t16-/m0/s1. The summed E-state index contributed by atoms with van der Waals surface area (Å²) >= 11 is 0. The molecular formula is C20H25F3N6O. The van der Waals surface area contributed by atoms with Crippen molar-refractivity contribution in [2.45, 2.75) is 33.0 Å². The molecule has 162 valence electrons. The topological polar surface area (TPSA) is 73.4 Å². The Morgan fingerprint density at radius 1 is 1.23 bits per heavy atom. The lowest BCUT2D eigenvalue weighted by Crippen LogP contribution is -2.49. The number of hydrogen-bond donors (Lipinski definition) is 2. The molecule has 1 aromatic heterocycles. The first-order valence-corrected chi connectivity index (χ1v) is 9.53. The molecule has 0 saturated heterocycles. The first-order chi connectivity index (χ1) is 14.0. The van der Waals surface area contributed by atoms with Gasteiger partial charge in [-0.2, -0.15) is 18.2 Å². The fourth-order valence-electron chi connectivity index (χ4n) is 3.48. The highest BCUT2D eigenvalue weighted by Crippen LogP contribution is 2.34. The van der Waals surface area contributed by atoms with Crippen molar-refractivity contribution in [3.05, 3.63) is 35.5 Å². The van der Waals surface area contributed by atoms with Crippen LogP contribution in [0.2, 0.25) is 0 Å². The normalized spacial score (nSPS) is 16.4. The van der Waals surface area contributed by atoms with E-state index < -0.39 is 11.7 Å². The highest BCUT2D eigenvalue weighted by molar-refractivity contribution is 6.03. The van der Waals surface area contributed by atoms with E-state index in [1.165, 1.54) is 12.1 Å². The summed E-state index contributed by atoms with van der Waals surface area (Å²) in [4.78, 5) is 24.9. The zero-order chi connectivity index (χ0) is 22.2. The molecule has 1 atom stereocenters. The molecule has 2 aromatic rings. The minimum absolute atomic E-state index is 0.0885. The SMILES string of the molecule is Cc1nc(NCN(C)c2ccc(C(F)(F)F)cc2)nc2c1NC(=O)[C@H](C(C)C)N2C. The van der Waals surface area contributed by atoms with Crippen LogP contribution in [0.3, 0.4) is 0 Å². The van der Waals surface area contributed by atoms with Crippen molar-refractivity contribution in [2.24, 2.45) is 5.92 Å². The van der Waals surface area contributed by atoms with Gasteiger partial charge in [-0.25, -0.2) is 4.98 Å². The second-order valence-corrected chi connectivity index (χ2v) is 7.70. The third kappa shape index (κ3) is 4.27. The van der Waals surface area contributed by atoms with Gasteiger partial charge in [-0.05, 0) is 37.1 Å². The summed E-state index contributed by atoms with van der Waals surface area (Å²) in [6.07, 6.45) is -4.36. The Morgan fingerprint density at radius 2 is 1.87 bits per heavy atom. The molecule has 0 bridgehead atoms. The number of nitrogens with one attached hydrogen (secondary N) is 2. The summed E-state index contributed by atoms with van der Waals surface area (Å²) in [5.41, 5.74) is 1.14. The Hall–Kier alpha value is -3.04. The number of hydrogen-bond acceptors (Lipinski definition) is 6. The average molecular weight is 422 g/mol. The predicted molar refractivity (Wildman–Crippen MR) is 111 cm³/mol. The fourth-order valence-corrected chi connectivity index (χ4v) is 3.48. The van der Waals surface area contributed by atoms with Crippen LogP contribution in [0.4, 0.5) is 36.3 Å². The number of benzene rings is 1. The van der Waals surface area contributed by atoms with Crippen molar-refractivity contribution in [3.8, 4) is 0 Å². The number of alkyl halides is 3. The number of carbonyl (C=O) groups excluding carboxylic acids is 1. The minimum Gasteiger partial charge on any atom is -0.357 e. The molecule has 2 heterocycles. The van der Waals surface area contributed by atoms with E-state index in [1.54, 1.807) is 18.9 Å². The first kappa shape index (κ1) is 21.7. The lowest BCUT2D eigenvalue weighted by Gasteiger charge is -2.37. The van der Waals surface area contributed by atoms with Crippen LogP contribution in [0.25, 0.3) is 0 Å². The maximum Gasteiger partial charge on any atom is 0.416 e. The molecule has 0 fully saturated rings. The molecule has 3 rings (SSSR count). The molecule has 1 aliphatic rings. The second-order valence-electron chi connectivity index (χ2n) is 7.70. The van der Waals surface area contributed by atoms with Crippen LogP contribution in [0.1, 0.15) is 25.1 Å². The Kier molecular flexibility index (Phi) is 5.78. The third-order valence-corrected chi connectivity index (χ3v) is 5.08. The van der Waals surface area contributed by atoms with Crippen molar-refractivity contribution in [3.63, 3.8) is 0 Å². The van der Waals surface area contributed by atoms with Crippen molar-refractivity contribution in [2.75, 3.05) is 41.2 Å². The number of likely N-dealkylation sites (N-methyl/N-ethyl adjacent to an activating group) is 1. The van der Waals surface area contributed by atoms with Gasteiger partial charge >= 0.3 is 6.18 Å². The second kappa shape index (κ2) is 8.00. The Morgan fingerprint density at radius 3 is 2.43 bits per heavy atom.